The van der Waals surface area contributed by atoms with Crippen molar-refractivity contribution in [3.05, 3.63) is 0 Å². The Balaban J connectivity index is -0.000000157. The van der Waals surface area contributed by atoms with E-state index in [0.717, 1.165) is 0 Å². The molecule has 0 heterocycles. The molecule has 4 unspecified atom stereocenters. The van der Waals surface area contributed by atoms with Gasteiger partial charge in [-0.2, -0.15) is 0 Å². The van der Waals surface area contributed by atoms with Crippen LogP contribution in [0.25, 0.3) is 0 Å². The fraction of sp³-hybridized carbons (Fsp3) is 0.800. The van der Waals surface area contributed by atoms with Gasteiger partial charge in [-0.15, -0.1) is 18.1 Å². The van der Waals surface area contributed by atoms with Crippen molar-refractivity contribution in [3.63, 3.8) is 0 Å². The fourth-order valence-corrected chi connectivity index (χ4v) is 3.18. The van der Waals surface area contributed by atoms with Crippen LogP contribution in [0.1, 0.15) is 77.0 Å². The molecule has 0 aromatic heterocycles. The van der Waals surface area contributed by atoms with Crippen LogP contribution >= 0.6 is 33.0 Å². The number of carboxylic acid groups (broad SMARTS) is 4. The van der Waals surface area contributed by atoms with Gasteiger partial charge in [-0.3, -0.25) is 19.2 Å². The van der Waals surface area contributed by atoms with Crippen LogP contribution in [-0.2, 0) is 81.7 Å². The second-order valence-corrected chi connectivity index (χ2v) is 10.5. The first-order valence-corrected chi connectivity index (χ1v) is 16.9. The number of rotatable bonds is 24. The summed E-state index contributed by atoms with van der Waals surface area (Å²) in [5, 5.41) is 32.6. The van der Waals surface area contributed by atoms with E-state index >= 15 is 0 Å². The smallest absolute Gasteiger partial charge is 0.566 e. The van der Waals surface area contributed by atoms with Gasteiger partial charge in [-0.1, -0.05) is 0 Å². The van der Waals surface area contributed by atoms with Crippen molar-refractivity contribution < 1.29 is 122 Å². The molecule has 0 bridgehead atoms. The molecule has 4 atom stereocenters. The second kappa shape index (κ2) is 40.9. The average Bonchev–Trinajstić information content (AvgIpc) is 2.87. The third-order valence-electron chi connectivity index (χ3n) is 3.93. The van der Waals surface area contributed by atoms with Crippen molar-refractivity contribution >= 4 is 56.9 Å². The van der Waals surface area contributed by atoms with Crippen LogP contribution in [0, 0.1) is 0 Å². The van der Waals surface area contributed by atoms with Crippen molar-refractivity contribution in [3.8, 4) is 0 Å². The summed E-state index contributed by atoms with van der Waals surface area (Å²) in [4.78, 5) is 78.9. The van der Waals surface area contributed by atoms with Crippen molar-refractivity contribution in [2.75, 3.05) is 26.4 Å². The average molecular weight is 812 g/mol. The minimum absolute atomic E-state index is 0. The summed E-state index contributed by atoms with van der Waals surface area (Å²) in [6.07, 6.45) is 3.81. The van der Waals surface area contributed by atoms with Crippen LogP contribution < -0.4 is 19.6 Å². The van der Waals surface area contributed by atoms with Crippen LogP contribution in [-0.4, -0.2) is 70.7 Å². The summed E-state index contributed by atoms with van der Waals surface area (Å²) in [6.45, 7) is 0.302. The van der Waals surface area contributed by atoms with Gasteiger partial charge in [0.2, 0.25) is 0 Å². The Kier molecular flexibility index (Phi) is 48.4. The Morgan fingerprint density at radius 3 is 0.667 bits per heavy atom. The number of unbranched alkanes of at least 4 members (excludes halogenated alkanes) is 4. The SMILES string of the molecule is O=C(O)CCCCO[P+](=O)[O-].O=C(O)CCCCO[P+](=O)[O-].O=C(O)CCCCO[P+](=O)[O-].O=C(O)CCCCO[P+](=O)[O-].[Zr+4]. The van der Waals surface area contributed by atoms with Crippen LogP contribution in [0.4, 0.5) is 0 Å². The van der Waals surface area contributed by atoms with Gasteiger partial charge in [0.05, 0.1) is 0 Å². The van der Waals surface area contributed by atoms with Gasteiger partial charge in [0.1, 0.15) is 26.4 Å². The standard InChI is InChI=1S/4C5H9O5P.Zr/c4*6-5(7)3-1-2-4-10-11(8)9;/h4*1-4H2,(H,6,7);/q;;;;+4. The first-order chi connectivity index (χ1) is 20.5. The van der Waals surface area contributed by atoms with E-state index in [4.69, 9.17) is 20.4 Å². The molecule has 0 fully saturated rings. The topological polar surface area (TPSA) is 347 Å². The Labute approximate surface area is 281 Å². The molecule has 0 aliphatic rings. The molecule has 0 aromatic rings. The summed E-state index contributed by atoms with van der Waals surface area (Å²) in [5.74, 6) is -3.51. The predicted octanol–water partition coefficient (Wildman–Crippen LogP) is 1.10. The van der Waals surface area contributed by atoms with Crippen molar-refractivity contribution in [2.45, 2.75) is 77.0 Å². The van der Waals surface area contributed by atoms with Gasteiger partial charge in [0.25, 0.3) is 0 Å². The molecular formula is C20H36O20P4Zr+4. The van der Waals surface area contributed by atoms with E-state index in [9.17, 15) is 57.0 Å². The van der Waals surface area contributed by atoms with Crippen molar-refractivity contribution in [1.82, 2.24) is 0 Å². The maximum Gasteiger partial charge on any atom is 4.00 e. The third-order valence-corrected chi connectivity index (χ3v) is 5.50. The van der Waals surface area contributed by atoms with Gasteiger partial charge in [-0.05, 0) is 69.6 Å². The molecule has 4 N–H and O–H groups in total. The molecule has 25 heteroatoms. The van der Waals surface area contributed by atoms with Gasteiger partial charge < -0.3 is 40.0 Å². The summed E-state index contributed by atoms with van der Waals surface area (Å²) in [6, 6.07) is 0. The van der Waals surface area contributed by atoms with Crippen LogP contribution in [0.15, 0.2) is 0 Å². The molecule has 0 spiro atoms. The van der Waals surface area contributed by atoms with Gasteiger partial charge in [0.15, 0.2) is 0 Å². The van der Waals surface area contributed by atoms with E-state index in [-0.39, 0.29) is 78.3 Å². The van der Waals surface area contributed by atoms with E-state index in [2.05, 4.69) is 18.1 Å². The molecule has 0 radical (unpaired) electrons. The Bertz CT molecular complexity index is 662. The second-order valence-electron chi connectivity index (χ2n) is 7.63. The van der Waals surface area contributed by atoms with E-state index in [1.165, 1.54) is 0 Å². The van der Waals surface area contributed by atoms with E-state index in [1.54, 1.807) is 0 Å². The van der Waals surface area contributed by atoms with Crippen LogP contribution in [0.3, 0.4) is 0 Å². The fourth-order valence-electron chi connectivity index (χ4n) is 2.07. The first-order valence-electron chi connectivity index (χ1n) is 12.5. The molecule has 0 rings (SSSR count). The molecular weight excluding hydrogens is 775 g/mol. The van der Waals surface area contributed by atoms with Gasteiger partial charge in [0, 0.05) is 25.7 Å². The number of hydrogen-bond acceptors (Lipinski definition) is 16. The van der Waals surface area contributed by atoms with Crippen LogP contribution in [0.2, 0.25) is 0 Å². The number of hydrogen-bond donors (Lipinski definition) is 4. The minimum atomic E-state index is -2.78. The molecule has 0 amide bonds. The quantitative estimate of drug-likeness (QED) is 0.0783. The van der Waals surface area contributed by atoms with E-state index < -0.39 is 56.9 Å². The molecule has 0 aliphatic carbocycles. The molecule has 0 saturated heterocycles. The maximum atomic E-state index is 9.94. The maximum absolute atomic E-state index is 9.94. The molecule has 20 nitrogen and oxygen atoms in total. The molecule has 0 aliphatic heterocycles. The number of aliphatic carboxylic acids is 4. The summed E-state index contributed by atoms with van der Waals surface area (Å²) < 4.78 is 55.9. The first kappa shape index (κ1) is 53.3. The Hall–Kier alpha value is -1.16. The third kappa shape index (κ3) is 75.1. The zero-order valence-electron chi connectivity index (χ0n) is 23.9. The summed E-state index contributed by atoms with van der Waals surface area (Å²) in [7, 11) is -11.1. The van der Waals surface area contributed by atoms with E-state index in [1.807, 2.05) is 0 Å². The van der Waals surface area contributed by atoms with Crippen molar-refractivity contribution in [2.24, 2.45) is 0 Å². The number of carbonyl (C=O) groups is 4. The molecule has 256 valence electrons. The number of carboxylic acids is 4. The zero-order chi connectivity index (χ0) is 34.8. The Morgan fingerprint density at radius 2 is 0.556 bits per heavy atom. The van der Waals surface area contributed by atoms with Gasteiger partial charge in [-0.25, -0.2) is 0 Å². The van der Waals surface area contributed by atoms with Crippen molar-refractivity contribution in [1.29, 1.82) is 0 Å². The minimum Gasteiger partial charge on any atom is -0.566 e. The largest absolute Gasteiger partial charge is 4.00 e. The van der Waals surface area contributed by atoms with Crippen LogP contribution in [0.5, 0.6) is 0 Å². The molecule has 0 aromatic carbocycles. The van der Waals surface area contributed by atoms with Gasteiger partial charge >= 0.3 is 83.1 Å². The normalized spacial score (nSPS) is 10.9. The summed E-state index contributed by atoms with van der Waals surface area (Å²) in [5.41, 5.74) is 0. The summed E-state index contributed by atoms with van der Waals surface area (Å²) >= 11 is 0. The predicted molar refractivity (Wildman–Crippen MR) is 140 cm³/mol. The molecule has 0 saturated carbocycles. The Morgan fingerprint density at radius 1 is 0.400 bits per heavy atom. The molecule has 45 heavy (non-hydrogen) atoms. The van der Waals surface area contributed by atoms with E-state index in [0.29, 0.717) is 51.4 Å². The zero-order valence-corrected chi connectivity index (χ0v) is 30.0. The monoisotopic (exact) mass is 810 g/mol.